The van der Waals surface area contributed by atoms with Crippen molar-refractivity contribution in [3.8, 4) is 0 Å². The molecule has 0 saturated heterocycles. The van der Waals surface area contributed by atoms with E-state index in [1.54, 1.807) is 12.1 Å². The molecule has 0 spiro atoms. The molecule has 2 heteroatoms. The summed E-state index contributed by atoms with van der Waals surface area (Å²) >= 11 is 0. The van der Waals surface area contributed by atoms with Crippen molar-refractivity contribution in [2.45, 2.75) is 77.6 Å². The van der Waals surface area contributed by atoms with Gasteiger partial charge in [-0.3, -0.25) is 0 Å². The standard InChI is InChI=1S/C19H30O2/c1-2-3-4-5-6-7-8-9-10-11-13-17-14-12-15-18(16-17)19(20)21/h12,14-16H,2-11,13H2,1H3,(H,20,21). The number of carboxylic acid groups (broad SMARTS) is 1. The van der Waals surface area contributed by atoms with Crippen LogP contribution in [0, 0.1) is 0 Å². The molecule has 0 atom stereocenters. The first kappa shape index (κ1) is 17.7. The van der Waals surface area contributed by atoms with Crippen molar-refractivity contribution in [1.82, 2.24) is 0 Å². The van der Waals surface area contributed by atoms with Gasteiger partial charge in [-0.05, 0) is 30.5 Å². The van der Waals surface area contributed by atoms with E-state index in [2.05, 4.69) is 6.92 Å². The number of carboxylic acids is 1. The summed E-state index contributed by atoms with van der Waals surface area (Å²) in [6.45, 7) is 2.26. The average molecular weight is 290 g/mol. The Labute approximate surface area is 129 Å². The molecule has 0 bridgehead atoms. The van der Waals surface area contributed by atoms with Gasteiger partial charge in [-0.2, -0.15) is 0 Å². The van der Waals surface area contributed by atoms with Crippen molar-refractivity contribution >= 4 is 5.97 Å². The molecule has 0 saturated carbocycles. The van der Waals surface area contributed by atoms with Crippen molar-refractivity contribution in [3.63, 3.8) is 0 Å². The number of rotatable bonds is 12. The summed E-state index contributed by atoms with van der Waals surface area (Å²) in [7, 11) is 0. The lowest BCUT2D eigenvalue weighted by Crippen LogP contribution is -1.97. The minimum atomic E-state index is -0.833. The van der Waals surface area contributed by atoms with Gasteiger partial charge in [0.05, 0.1) is 5.56 Å². The summed E-state index contributed by atoms with van der Waals surface area (Å²) in [4.78, 5) is 10.9. The summed E-state index contributed by atoms with van der Waals surface area (Å²) in [5.74, 6) is -0.833. The molecule has 1 N–H and O–H groups in total. The minimum Gasteiger partial charge on any atom is -0.478 e. The Morgan fingerprint density at radius 3 is 2.05 bits per heavy atom. The highest BCUT2D eigenvalue weighted by atomic mass is 16.4. The number of hydrogen-bond acceptors (Lipinski definition) is 1. The Balaban J connectivity index is 2.01. The number of carbonyl (C=O) groups is 1. The monoisotopic (exact) mass is 290 g/mol. The molecular weight excluding hydrogens is 260 g/mol. The van der Waals surface area contributed by atoms with Gasteiger partial charge < -0.3 is 5.11 Å². The van der Waals surface area contributed by atoms with Crippen molar-refractivity contribution in [3.05, 3.63) is 35.4 Å². The van der Waals surface area contributed by atoms with Gasteiger partial charge in [0.2, 0.25) is 0 Å². The van der Waals surface area contributed by atoms with Gasteiger partial charge in [-0.15, -0.1) is 0 Å². The predicted octanol–water partition coefficient (Wildman–Crippen LogP) is 5.85. The van der Waals surface area contributed by atoms with E-state index >= 15 is 0 Å². The lowest BCUT2D eigenvalue weighted by Gasteiger charge is -2.04. The Morgan fingerprint density at radius 2 is 1.48 bits per heavy atom. The van der Waals surface area contributed by atoms with E-state index in [-0.39, 0.29) is 0 Å². The minimum absolute atomic E-state index is 0.402. The van der Waals surface area contributed by atoms with Crippen LogP contribution in [0.25, 0.3) is 0 Å². The van der Waals surface area contributed by atoms with Crippen LogP contribution in [0.5, 0.6) is 0 Å². The predicted molar refractivity (Wildman–Crippen MR) is 88.9 cm³/mol. The topological polar surface area (TPSA) is 37.3 Å². The first-order valence-corrected chi connectivity index (χ1v) is 8.56. The van der Waals surface area contributed by atoms with Gasteiger partial charge in [0, 0.05) is 0 Å². The normalized spacial score (nSPS) is 10.7. The smallest absolute Gasteiger partial charge is 0.335 e. The van der Waals surface area contributed by atoms with Gasteiger partial charge in [0.1, 0.15) is 0 Å². The zero-order valence-electron chi connectivity index (χ0n) is 13.4. The SMILES string of the molecule is CCCCCCCCCCCCc1cccc(C(=O)O)c1. The van der Waals surface area contributed by atoms with Crippen molar-refractivity contribution < 1.29 is 9.90 Å². The van der Waals surface area contributed by atoms with Gasteiger partial charge in [0.15, 0.2) is 0 Å². The van der Waals surface area contributed by atoms with Gasteiger partial charge in [0.25, 0.3) is 0 Å². The van der Waals surface area contributed by atoms with Crippen LogP contribution in [0.15, 0.2) is 24.3 Å². The molecule has 0 unspecified atom stereocenters. The quantitative estimate of drug-likeness (QED) is 0.490. The molecule has 21 heavy (non-hydrogen) atoms. The first-order valence-electron chi connectivity index (χ1n) is 8.56. The summed E-state index contributed by atoms with van der Waals surface area (Å²) in [6.07, 6.45) is 14.3. The summed E-state index contributed by atoms with van der Waals surface area (Å²) in [6, 6.07) is 7.33. The fraction of sp³-hybridized carbons (Fsp3) is 0.632. The number of aromatic carboxylic acids is 1. The van der Waals surface area contributed by atoms with Gasteiger partial charge >= 0.3 is 5.97 Å². The Bertz CT molecular complexity index is 398. The second-order valence-corrected chi connectivity index (χ2v) is 5.94. The summed E-state index contributed by atoms with van der Waals surface area (Å²) in [5, 5.41) is 8.96. The highest BCUT2D eigenvalue weighted by Crippen LogP contribution is 2.13. The lowest BCUT2D eigenvalue weighted by molar-refractivity contribution is 0.0696. The van der Waals surface area contributed by atoms with Crippen LogP contribution in [-0.4, -0.2) is 11.1 Å². The molecule has 0 aliphatic rings. The second-order valence-electron chi connectivity index (χ2n) is 5.94. The maximum Gasteiger partial charge on any atom is 0.335 e. The molecule has 1 aromatic carbocycles. The van der Waals surface area contributed by atoms with Crippen LogP contribution in [0.3, 0.4) is 0 Å². The second kappa shape index (κ2) is 11.4. The van der Waals surface area contributed by atoms with E-state index < -0.39 is 5.97 Å². The Morgan fingerprint density at radius 1 is 0.905 bits per heavy atom. The fourth-order valence-electron chi connectivity index (χ4n) is 2.68. The largest absolute Gasteiger partial charge is 0.478 e. The Kier molecular flexibility index (Phi) is 9.60. The van der Waals surface area contributed by atoms with Crippen LogP contribution in [-0.2, 0) is 6.42 Å². The van der Waals surface area contributed by atoms with Crippen LogP contribution < -0.4 is 0 Å². The van der Waals surface area contributed by atoms with E-state index in [9.17, 15) is 4.79 Å². The summed E-state index contributed by atoms with van der Waals surface area (Å²) < 4.78 is 0. The highest BCUT2D eigenvalue weighted by Gasteiger charge is 2.02. The Hall–Kier alpha value is -1.31. The van der Waals surface area contributed by atoms with Crippen LogP contribution in [0.2, 0.25) is 0 Å². The average Bonchev–Trinajstić information content (AvgIpc) is 2.49. The zero-order valence-corrected chi connectivity index (χ0v) is 13.4. The van der Waals surface area contributed by atoms with E-state index in [1.807, 2.05) is 12.1 Å². The molecule has 2 nitrogen and oxygen atoms in total. The fourth-order valence-corrected chi connectivity index (χ4v) is 2.68. The third-order valence-electron chi connectivity index (χ3n) is 3.99. The molecule has 0 radical (unpaired) electrons. The molecule has 118 valence electrons. The van der Waals surface area contributed by atoms with Crippen LogP contribution in [0.1, 0.15) is 87.1 Å². The van der Waals surface area contributed by atoms with Crippen molar-refractivity contribution in [2.24, 2.45) is 0 Å². The molecule has 0 heterocycles. The first-order chi connectivity index (χ1) is 10.2. The summed E-state index contributed by atoms with van der Waals surface area (Å²) in [5.41, 5.74) is 1.55. The molecule has 1 aromatic rings. The van der Waals surface area contributed by atoms with E-state index in [0.717, 1.165) is 12.0 Å². The molecule has 0 aliphatic heterocycles. The zero-order chi connectivity index (χ0) is 15.3. The molecule has 0 fully saturated rings. The third-order valence-corrected chi connectivity index (χ3v) is 3.99. The van der Waals surface area contributed by atoms with Crippen molar-refractivity contribution in [2.75, 3.05) is 0 Å². The lowest BCUT2D eigenvalue weighted by atomic mass is 10.0. The molecular formula is C19H30O2. The van der Waals surface area contributed by atoms with E-state index in [4.69, 9.17) is 5.11 Å². The van der Waals surface area contributed by atoms with Gasteiger partial charge in [-0.25, -0.2) is 4.79 Å². The van der Waals surface area contributed by atoms with Gasteiger partial charge in [-0.1, -0.05) is 76.8 Å². The molecule has 0 aromatic heterocycles. The third kappa shape index (κ3) is 8.54. The maximum absolute atomic E-state index is 10.9. The number of aryl methyl sites for hydroxylation is 1. The maximum atomic E-state index is 10.9. The molecule has 0 amide bonds. The number of unbranched alkanes of at least 4 members (excludes halogenated alkanes) is 9. The van der Waals surface area contributed by atoms with Crippen LogP contribution in [0.4, 0.5) is 0 Å². The van der Waals surface area contributed by atoms with Crippen LogP contribution >= 0.6 is 0 Å². The van der Waals surface area contributed by atoms with Crippen molar-refractivity contribution in [1.29, 1.82) is 0 Å². The number of benzene rings is 1. The molecule has 1 rings (SSSR count). The number of hydrogen-bond donors (Lipinski definition) is 1. The van der Waals surface area contributed by atoms with E-state index in [0.29, 0.717) is 5.56 Å². The van der Waals surface area contributed by atoms with E-state index in [1.165, 1.54) is 64.2 Å². The molecule has 0 aliphatic carbocycles. The highest BCUT2D eigenvalue weighted by molar-refractivity contribution is 5.87.